The molecule has 42 nitrogen and oxygen atoms in total. The molecule has 6 aliphatic heterocycles. The highest BCUT2D eigenvalue weighted by Crippen LogP contribution is 2.44. The summed E-state index contributed by atoms with van der Waals surface area (Å²) in [6, 6.07) is -7.42. The quantitative estimate of drug-likeness (QED) is 0.0256. The minimum atomic E-state index is -3.72. The van der Waals surface area contributed by atoms with Gasteiger partial charge in [-0.2, -0.15) is 0 Å². The molecule has 4 amide bonds. The summed E-state index contributed by atoms with van der Waals surface area (Å²) in [5.74, 6) is -15.3. The van der Waals surface area contributed by atoms with Crippen LogP contribution in [0.1, 0.15) is 260 Å². The van der Waals surface area contributed by atoms with Gasteiger partial charge in [0.05, 0.1) is 82.2 Å². The van der Waals surface area contributed by atoms with Gasteiger partial charge in [0, 0.05) is 40.0 Å². The van der Waals surface area contributed by atoms with Crippen LogP contribution in [0.25, 0.3) is 0 Å². The van der Waals surface area contributed by atoms with E-state index in [1.807, 2.05) is 0 Å². The van der Waals surface area contributed by atoms with Crippen molar-refractivity contribution >= 4 is 35.6 Å². The maximum absolute atomic E-state index is 14.5. The Labute approximate surface area is 772 Å². The molecule has 0 aromatic rings. The fourth-order valence-electron chi connectivity index (χ4n) is 17.9. The van der Waals surface area contributed by atoms with Gasteiger partial charge in [0.1, 0.15) is 128 Å². The number of carbonyl (C=O) groups excluding carboxylic acids is 4. The number of carboxylic acid groups (broad SMARTS) is 2. The van der Waals surface area contributed by atoms with E-state index in [4.69, 9.17) is 52.1 Å². The summed E-state index contributed by atoms with van der Waals surface area (Å²) in [4.78, 5) is 81.8. The van der Waals surface area contributed by atoms with Crippen LogP contribution in [0.3, 0.4) is 0 Å². The number of carbonyl (C=O) groups is 6. The fraction of sp³-hybridized carbons (Fsp3) is 0.889. The van der Waals surface area contributed by atoms with Gasteiger partial charge in [-0.05, 0) is 51.9 Å². The lowest BCUT2D eigenvalue weighted by molar-refractivity contribution is -0.404. The van der Waals surface area contributed by atoms with Gasteiger partial charge in [-0.25, -0.2) is 9.59 Å². The van der Waals surface area contributed by atoms with Crippen LogP contribution in [0.5, 0.6) is 0 Å². The molecular formula is C90H158N4O38. The normalized spacial score (nSPS) is 34.3. The zero-order valence-electron chi connectivity index (χ0n) is 77.3. The third-order valence-corrected chi connectivity index (χ3v) is 25.5. The van der Waals surface area contributed by atoms with E-state index in [0.717, 1.165) is 104 Å². The van der Waals surface area contributed by atoms with Gasteiger partial charge in [0.2, 0.25) is 23.6 Å². The van der Waals surface area contributed by atoms with Crippen LogP contribution < -0.4 is 16.0 Å². The molecule has 0 spiro atoms. The number of unbranched alkanes of at least 4 members (excludes halogenated alkanes) is 28. The number of ether oxygens (including phenoxy) is 11. The predicted molar refractivity (Wildman–Crippen MR) is 466 cm³/mol. The number of aliphatic hydroxyl groups is 19. The summed E-state index contributed by atoms with van der Waals surface area (Å²) < 4.78 is 66.6. The Hall–Kier alpha value is -4.90. The standard InChI is InChI=1S/C90H158N4O38/c1-7-9-11-13-15-17-19-21-22-23-24-25-26-27-28-30-32-34-36-38-40-42-64(107)93-55(56(103)41-39-37-35-33-31-29-20-18-16-14-12-10-8-2)50-122-85-76(116)74(114)78(62(48-98)125-85)127-86-77(117)82(79(63(49-99)126-86)128-84-67(72(112)70(110)60(46-96)124-84)94(54(6)102)83-75(115)73(113)68(108)51(3)123-83)132-90(88(120)121)44-58(105)66(92-53(5)101)81(131-90)71(111)61(47-97)129-89(87(118)119)43-57(104)65(91-52(4)100)80(130-89)69(109)59(106)45-95/h21-22,39,41,51,55-63,65-86,95-99,103-106,108-117H,7-20,23-38,40,42-50H2,1-6H3,(H,91,100)(H,92,101)(H,93,107)(H,118,119)(H,120,121)/b22-21-,41-39+/t51?,55-,56+,57?,58?,59+,60?,61+,62?,63?,65+,66+,67?,68+,69+,70-,71+,72+,73?,74+,75-,76?,77?,78+,79-,80?,81?,82+,83-,84-,85+,86-,89+,90-/m0/s1. The molecule has 6 aliphatic rings. The van der Waals surface area contributed by atoms with Crippen molar-refractivity contribution in [1.82, 2.24) is 20.9 Å². The Morgan fingerprint density at radius 2 is 0.909 bits per heavy atom. The molecule has 42 heteroatoms. The van der Waals surface area contributed by atoms with Gasteiger partial charge in [-0.3, -0.25) is 19.2 Å². The van der Waals surface area contributed by atoms with E-state index in [0.29, 0.717) is 17.7 Å². The van der Waals surface area contributed by atoms with Crippen molar-refractivity contribution in [3.8, 4) is 0 Å². The Bertz CT molecular complexity index is 3360. The Balaban J connectivity index is 1.29. The van der Waals surface area contributed by atoms with Crippen LogP contribution in [0.2, 0.25) is 0 Å². The molecule has 34 atom stereocenters. The SMILES string of the molecule is CCCCCCCC/C=C\CCCCCCCCCCCCCC(=O)N[C@@H](CO[C@@H]1OC(CO)[C@@H](O[C@@H]2OC(CO)[C@H](O[C@@H]3OC(CO)[C@H](O)[C@H](O)C3N(C(C)=O)[C@H]3OC(C)[C@@H](O)C(O)[C@@H]3O)[C@H](O[C@]3(C(=O)O)CC(O)[C@@H](NC(C)=O)C([C@H](O)[C@@H](CO)O[C@]4(C(=O)O)CC(O)[C@@H](NC(C)=O)C([C@H](O)[C@H](O)CO)O4)O3)C2O)[C@H](O)C1O)[C@H](O)/C=C/CCCCCCCCCCCCC. The molecule has 6 saturated heterocycles. The zero-order chi connectivity index (χ0) is 97.5. The Morgan fingerprint density at radius 1 is 0.462 bits per heavy atom. The minimum absolute atomic E-state index is 0.0807. The van der Waals surface area contributed by atoms with E-state index >= 15 is 0 Å². The van der Waals surface area contributed by atoms with E-state index in [1.54, 1.807) is 6.08 Å². The number of aliphatic hydroxyl groups excluding tert-OH is 19. The first-order chi connectivity index (χ1) is 63.0. The first kappa shape index (κ1) is 116. The third kappa shape index (κ3) is 34.0. The molecule has 0 bridgehead atoms. The molecule has 0 aliphatic carbocycles. The van der Waals surface area contributed by atoms with Gasteiger partial charge in [0.25, 0.3) is 11.6 Å². The molecule has 6 fully saturated rings. The van der Waals surface area contributed by atoms with E-state index in [9.17, 15) is 136 Å². The lowest BCUT2D eigenvalue weighted by Gasteiger charge is -2.54. The summed E-state index contributed by atoms with van der Waals surface area (Å²) >= 11 is 0. The number of amides is 4. The second-order valence-corrected chi connectivity index (χ2v) is 36.1. The highest BCUT2D eigenvalue weighted by Gasteiger charge is 2.65. The number of carboxylic acids is 2. The number of nitrogens with one attached hydrogen (secondary N) is 3. The first-order valence-corrected chi connectivity index (χ1v) is 47.7. The average molecular weight is 1900 g/mol. The smallest absolute Gasteiger partial charge is 0.364 e. The van der Waals surface area contributed by atoms with Crippen LogP contribution in [0.4, 0.5) is 0 Å². The molecule has 12 unspecified atom stereocenters. The molecule has 0 aromatic heterocycles. The minimum Gasteiger partial charge on any atom is -0.477 e. The van der Waals surface area contributed by atoms with E-state index in [2.05, 4.69) is 41.9 Å². The fourth-order valence-corrected chi connectivity index (χ4v) is 17.9. The summed E-state index contributed by atoms with van der Waals surface area (Å²) in [5.41, 5.74) is 0. The van der Waals surface area contributed by atoms with Crippen molar-refractivity contribution in [1.29, 1.82) is 0 Å². The van der Waals surface area contributed by atoms with Crippen molar-refractivity contribution in [3.63, 3.8) is 0 Å². The van der Waals surface area contributed by atoms with Gasteiger partial charge >= 0.3 is 11.9 Å². The van der Waals surface area contributed by atoms with Crippen molar-refractivity contribution in [2.45, 2.75) is 467 Å². The summed E-state index contributed by atoms with van der Waals surface area (Å²) in [6.45, 7) is 1.10. The molecule has 6 rings (SSSR count). The van der Waals surface area contributed by atoms with Gasteiger partial charge in [-0.15, -0.1) is 0 Å². The highest BCUT2D eigenvalue weighted by atomic mass is 16.8. The lowest BCUT2D eigenvalue weighted by Crippen LogP contribution is -2.73. The molecule has 0 saturated carbocycles. The van der Waals surface area contributed by atoms with E-state index < -0.39 is 295 Å². The van der Waals surface area contributed by atoms with Gasteiger partial charge in [-0.1, -0.05) is 192 Å². The monoisotopic (exact) mass is 1900 g/mol. The zero-order valence-corrected chi connectivity index (χ0v) is 77.3. The van der Waals surface area contributed by atoms with Gasteiger partial charge in [0.15, 0.2) is 25.1 Å². The predicted octanol–water partition coefficient (Wildman–Crippen LogP) is -1.04. The molecule has 0 aromatic carbocycles. The summed E-state index contributed by atoms with van der Waals surface area (Å²) in [7, 11) is 0. The maximum atomic E-state index is 14.5. The van der Waals surface area contributed by atoms with E-state index in [-0.39, 0.29) is 6.42 Å². The second kappa shape index (κ2) is 59.5. The molecule has 6 heterocycles. The Morgan fingerprint density at radius 3 is 1.39 bits per heavy atom. The first-order valence-electron chi connectivity index (χ1n) is 47.7. The third-order valence-electron chi connectivity index (χ3n) is 25.5. The average Bonchev–Trinajstić information content (AvgIpc) is 0.745. The molecule has 766 valence electrons. The van der Waals surface area contributed by atoms with Crippen LogP contribution in [-0.4, -0.2) is 395 Å². The molecule has 132 heavy (non-hydrogen) atoms. The van der Waals surface area contributed by atoms with Gasteiger partial charge < -0.3 is 180 Å². The van der Waals surface area contributed by atoms with Crippen molar-refractivity contribution < 1.29 is 188 Å². The van der Waals surface area contributed by atoms with Crippen molar-refractivity contribution in [2.75, 3.05) is 39.6 Å². The van der Waals surface area contributed by atoms with Crippen LogP contribution in [0.15, 0.2) is 24.3 Å². The van der Waals surface area contributed by atoms with Crippen LogP contribution in [0, 0.1) is 0 Å². The van der Waals surface area contributed by atoms with Crippen LogP contribution in [-0.2, 0) is 80.9 Å². The molecule has 24 N–H and O–H groups in total. The van der Waals surface area contributed by atoms with Crippen molar-refractivity contribution in [3.05, 3.63) is 24.3 Å². The van der Waals surface area contributed by atoms with Crippen LogP contribution >= 0.6 is 0 Å². The second-order valence-electron chi connectivity index (χ2n) is 36.1. The topological polar surface area (TPSA) is 668 Å². The largest absolute Gasteiger partial charge is 0.477 e. The summed E-state index contributed by atoms with van der Waals surface area (Å²) in [5, 5.41) is 248. The molecule has 0 radical (unpaired) electrons. The number of hydrogen-bond donors (Lipinski definition) is 24. The lowest BCUT2D eigenvalue weighted by atomic mass is 9.87. The molecular weight excluding hydrogens is 1740 g/mol. The number of nitrogens with zero attached hydrogens (tertiary/aromatic N) is 1. The number of allylic oxidation sites excluding steroid dienone is 3. The van der Waals surface area contributed by atoms with Crippen molar-refractivity contribution in [2.24, 2.45) is 0 Å². The van der Waals surface area contributed by atoms with E-state index in [1.165, 1.54) is 116 Å². The summed E-state index contributed by atoms with van der Waals surface area (Å²) in [6.07, 6.45) is -23.3. The number of rotatable bonds is 62. The number of hydrogen-bond acceptors (Lipinski definition) is 36. The maximum Gasteiger partial charge on any atom is 0.364 e. The highest BCUT2D eigenvalue weighted by molar-refractivity contribution is 5.78. The number of aliphatic carboxylic acids is 2. The Kier molecular flexibility index (Phi) is 52.2.